The van der Waals surface area contributed by atoms with E-state index in [9.17, 15) is 8.42 Å². The molecule has 2 aliphatic heterocycles. The molecule has 6 heteroatoms. The Balaban J connectivity index is 1.38. The monoisotopic (exact) mass is 385 g/mol. The lowest BCUT2D eigenvalue weighted by Gasteiger charge is -2.31. The number of hydrogen-bond acceptors (Lipinski definition) is 4. The van der Waals surface area contributed by atoms with Crippen molar-refractivity contribution < 1.29 is 8.42 Å². The van der Waals surface area contributed by atoms with Gasteiger partial charge in [-0.2, -0.15) is 4.31 Å². The average Bonchev–Trinajstić information content (AvgIpc) is 3.24. The minimum absolute atomic E-state index is 0.312. The van der Waals surface area contributed by atoms with Gasteiger partial charge in [0.1, 0.15) is 10.7 Å². The molecule has 1 aromatic heterocycles. The summed E-state index contributed by atoms with van der Waals surface area (Å²) < 4.78 is 27.5. The average molecular weight is 386 g/mol. The topological polar surface area (TPSA) is 53.5 Å². The largest absolute Gasteiger partial charge is 0.357 e. The van der Waals surface area contributed by atoms with Crippen molar-refractivity contribution in [1.82, 2.24) is 9.29 Å². The van der Waals surface area contributed by atoms with Gasteiger partial charge in [0, 0.05) is 32.4 Å². The Labute approximate surface area is 162 Å². The van der Waals surface area contributed by atoms with E-state index in [4.69, 9.17) is 0 Å². The molecular formula is C21H27N3O2S. The van der Waals surface area contributed by atoms with E-state index in [-0.39, 0.29) is 0 Å². The lowest BCUT2D eigenvalue weighted by Crippen LogP contribution is -2.38. The maximum atomic E-state index is 13.0. The minimum Gasteiger partial charge on any atom is -0.357 e. The van der Waals surface area contributed by atoms with Crippen LogP contribution in [0.3, 0.4) is 0 Å². The molecule has 0 atom stereocenters. The first-order valence-corrected chi connectivity index (χ1v) is 11.3. The number of piperidine rings is 1. The van der Waals surface area contributed by atoms with Crippen LogP contribution in [0.1, 0.15) is 31.2 Å². The molecule has 2 aromatic rings. The maximum absolute atomic E-state index is 13.0. The van der Waals surface area contributed by atoms with Crippen LogP contribution >= 0.6 is 0 Å². The molecule has 2 fully saturated rings. The molecule has 0 saturated carbocycles. The molecule has 1 aromatic carbocycles. The van der Waals surface area contributed by atoms with Gasteiger partial charge in [-0.1, -0.05) is 30.3 Å². The van der Waals surface area contributed by atoms with Crippen LogP contribution in [0.15, 0.2) is 53.6 Å². The molecule has 0 amide bonds. The molecule has 0 bridgehead atoms. The molecule has 5 nitrogen and oxygen atoms in total. The van der Waals surface area contributed by atoms with Crippen molar-refractivity contribution in [1.29, 1.82) is 0 Å². The van der Waals surface area contributed by atoms with Crippen LogP contribution in [-0.4, -0.2) is 43.9 Å². The van der Waals surface area contributed by atoms with Gasteiger partial charge >= 0.3 is 0 Å². The molecule has 4 rings (SSSR count). The fourth-order valence-corrected chi connectivity index (χ4v) is 5.52. The second-order valence-electron chi connectivity index (χ2n) is 7.58. The summed E-state index contributed by atoms with van der Waals surface area (Å²) in [6.45, 7) is 3.20. The Morgan fingerprint density at radius 2 is 1.63 bits per heavy atom. The van der Waals surface area contributed by atoms with Gasteiger partial charge in [0.25, 0.3) is 0 Å². The van der Waals surface area contributed by atoms with Crippen LogP contribution in [0, 0.1) is 5.92 Å². The number of hydrogen-bond donors (Lipinski definition) is 0. The van der Waals surface area contributed by atoms with Crippen LogP contribution in [0.25, 0.3) is 0 Å². The van der Waals surface area contributed by atoms with Crippen molar-refractivity contribution in [3.63, 3.8) is 0 Å². The van der Waals surface area contributed by atoms with E-state index in [1.54, 1.807) is 10.4 Å². The molecule has 2 aliphatic rings. The van der Waals surface area contributed by atoms with Gasteiger partial charge in [0.05, 0.1) is 0 Å². The fraction of sp³-hybridized carbons (Fsp3) is 0.476. The van der Waals surface area contributed by atoms with Gasteiger partial charge < -0.3 is 4.90 Å². The van der Waals surface area contributed by atoms with Crippen LogP contribution in [0.5, 0.6) is 0 Å². The molecule has 0 spiro atoms. The zero-order chi connectivity index (χ0) is 18.7. The number of nitrogens with zero attached hydrogens (tertiary/aromatic N) is 3. The quantitative estimate of drug-likeness (QED) is 0.792. The molecule has 0 radical (unpaired) electrons. The van der Waals surface area contributed by atoms with Crippen molar-refractivity contribution in [2.45, 2.75) is 37.0 Å². The highest BCUT2D eigenvalue weighted by molar-refractivity contribution is 7.89. The highest BCUT2D eigenvalue weighted by Gasteiger charge is 2.30. The van der Waals surface area contributed by atoms with E-state index >= 15 is 0 Å². The molecule has 27 heavy (non-hydrogen) atoms. The molecule has 0 aliphatic carbocycles. The number of anilines is 1. The number of rotatable bonds is 5. The number of aromatic nitrogens is 1. The lowest BCUT2D eigenvalue weighted by molar-refractivity contribution is 0.273. The Bertz CT molecular complexity index is 839. The zero-order valence-corrected chi connectivity index (χ0v) is 16.4. The number of pyridine rings is 1. The third-order valence-electron chi connectivity index (χ3n) is 5.73. The summed E-state index contributed by atoms with van der Waals surface area (Å²) in [5.74, 6) is 1.43. The Morgan fingerprint density at radius 3 is 2.26 bits per heavy atom. The molecule has 0 N–H and O–H groups in total. The molecular weight excluding hydrogens is 358 g/mol. The summed E-state index contributed by atoms with van der Waals surface area (Å²) in [4.78, 5) is 6.94. The lowest BCUT2D eigenvalue weighted by atomic mass is 9.91. The van der Waals surface area contributed by atoms with Crippen molar-refractivity contribution >= 4 is 15.8 Å². The third kappa shape index (κ3) is 4.17. The van der Waals surface area contributed by atoms with Crippen LogP contribution in [-0.2, 0) is 16.4 Å². The standard InChI is InChI=1S/C21H27N3O2S/c25-27(26,20-8-9-21(22-17-20)23-12-4-5-13-23)24-14-10-19(11-15-24)16-18-6-2-1-3-7-18/h1-3,6-9,17,19H,4-5,10-16H2. The molecule has 2 saturated heterocycles. The van der Waals surface area contributed by atoms with Crippen LogP contribution < -0.4 is 4.90 Å². The Kier molecular flexibility index (Phi) is 5.45. The van der Waals surface area contributed by atoms with Crippen LogP contribution in [0.4, 0.5) is 5.82 Å². The smallest absolute Gasteiger partial charge is 0.244 e. The summed E-state index contributed by atoms with van der Waals surface area (Å²) in [6, 6.07) is 14.0. The Morgan fingerprint density at radius 1 is 0.926 bits per heavy atom. The van der Waals surface area contributed by atoms with E-state index in [1.165, 1.54) is 24.6 Å². The van der Waals surface area contributed by atoms with E-state index in [2.05, 4.69) is 34.1 Å². The van der Waals surface area contributed by atoms with E-state index in [0.717, 1.165) is 38.2 Å². The highest BCUT2D eigenvalue weighted by Crippen LogP contribution is 2.27. The van der Waals surface area contributed by atoms with Crippen LogP contribution in [0.2, 0.25) is 0 Å². The summed E-state index contributed by atoms with van der Waals surface area (Å²) in [7, 11) is -3.45. The second kappa shape index (κ2) is 7.98. The van der Waals surface area contributed by atoms with Gasteiger partial charge in [-0.3, -0.25) is 0 Å². The van der Waals surface area contributed by atoms with E-state index in [0.29, 0.717) is 23.9 Å². The molecule has 144 valence electrons. The van der Waals surface area contributed by atoms with Crippen molar-refractivity contribution in [2.24, 2.45) is 5.92 Å². The SMILES string of the molecule is O=S(=O)(c1ccc(N2CCCC2)nc1)N1CCC(Cc2ccccc2)CC1. The van der Waals surface area contributed by atoms with Gasteiger partial charge in [-0.25, -0.2) is 13.4 Å². The Hall–Kier alpha value is -1.92. The summed E-state index contributed by atoms with van der Waals surface area (Å²) >= 11 is 0. The molecule has 3 heterocycles. The first-order chi connectivity index (χ1) is 13.1. The van der Waals surface area contributed by atoms with Gasteiger partial charge in [-0.15, -0.1) is 0 Å². The van der Waals surface area contributed by atoms with Crippen molar-refractivity contribution in [2.75, 3.05) is 31.1 Å². The van der Waals surface area contributed by atoms with E-state index < -0.39 is 10.0 Å². The first kappa shape index (κ1) is 18.4. The summed E-state index contributed by atoms with van der Waals surface area (Å²) in [5, 5.41) is 0. The first-order valence-electron chi connectivity index (χ1n) is 9.88. The van der Waals surface area contributed by atoms with E-state index in [1.807, 2.05) is 12.1 Å². The van der Waals surface area contributed by atoms with Crippen molar-refractivity contribution in [3.05, 3.63) is 54.2 Å². The number of sulfonamides is 1. The summed E-state index contributed by atoms with van der Waals surface area (Å²) in [6.07, 6.45) is 6.74. The van der Waals surface area contributed by atoms with Gasteiger partial charge in [0.15, 0.2) is 0 Å². The zero-order valence-electron chi connectivity index (χ0n) is 15.6. The maximum Gasteiger partial charge on any atom is 0.244 e. The van der Waals surface area contributed by atoms with Crippen molar-refractivity contribution in [3.8, 4) is 0 Å². The predicted octanol–water partition coefficient (Wildman–Crippen LogP) is 3.33. The highest BCUT2D eigenvalue weighted by atomic mass is 32.2. The summed E-state index contributed by atoms with van der Waals surface area (Å²) in [5.41, 5.74) is 1.33. The third-order valence-corrected chi connectivity index (χ3v) is 7.61. The van der Waals surface area contributed by atoms with Gasteiger partial charge in [-0.05, 0) is 55.7 Å². The normalized spacial score (nSPS) is 19.5. The molecule has 0 unspecified atom stereocenters. The predicted molar refractivity (Wildman–Crippen MR) is 107 cm³/mol. The minimum atomic E-state index is -3.45. The number of benzene rings is 1. The second-order valence-corrected chi connectivity index (χ2v) is 9.52. The fourth-order valence-electron chi connectivity index (χ4n) is 4.11. The van der Waals surface area contributed by atoms with Gasteiger partial charge in [0.2, 0.25) is 10.0 Å².